The molecule has 0 amide bonds. The van der Waals surface area contributed by atoms with Gasteiger partial charge in [-0.2, -0.15) is 0 Å². The van der Waals surface area contributed by atoms with Gasteiger partial charge in [0.2, 0.25) is 0 Å². The maximum Gasteiger partial charge on any atom is 0.0400 e. The van der Waals surface area contributed by atoms with Crippen LogP contribution >= 0.6 is 0 Å². The monoisotopic (exact) mass is 244 g/mol. The van der Waals surface area contributed by atoms with Crippen LogP contribution in [0.5, 0.6) is 0 Å². The smallest absolute Gasteiger partial charge is 0.0400 e. The molecule has 0 N–H and O–H groups in total. The Bertz CT molecular complexity index is 331. The lowest BCUT2D eigenvalue weighted by Crippen LogP contribution is -1.81. The average Bonchev–Trinajstić information content (AvgIpc) is 2.51. The van der Waals surface area contributed by atoms with Crippen molar-refractivity contribution in [3.8, 4) is 0 Å². The fourth-order valence-electron chi connectivity index (χ4n) is 1.21. The van der Waals surface area contributed by atoms with Crippen molar-refractivity contribution >= 4 is 0 Å². The van der Waals surface area contributed by atoms with Crippen LogP contribution in [0.3, 0.4) is 0 Å². The third kappa shape index (κ3) is 7.55. The van der Waals surface area contributed by atoms with Gasteiger partial charge in [0.05, 0.1) is 0 Å². The standard InChI is InChI=1S/2C7H9N.C2H6/c1-2-7-4-3-5-8-6-7;1-2-7-5-3-4-6-8-7;1-2/h2*3-6H,2H2,1H3;1-2H3. The van der Waals surface area contributed by atoms with Crippen molar-refractivity contribution in [1.82, 2.24) is 9.97 Å². The largest absolute Gasteiger partial charge is 0.264 e. The van der Waals surface area contributed by atoms with E-state index in [4.69, 9.17) is 0 Å². The van der Waals surface area contributed by atoms with Gasteiger partial charge in [-0.05, 0) is 36.6 Å². The number of aromatic nitrogens is 2. The first kappa shape index (κ1) is 16.3. The summed E-state index contributed by atoms with van der Waals surface area (Å²) in [5.41, 5.74) is 2.46. The van der Waals surface area contributed by atoms with Crippen molar-refractivity contribution in [3.63, 3.8) is 0 Å². The summed E-state index contributed by atoms with van der Waals surface area (Å²) in [4.78, 5) is 8.05. The van der Waals surface area contributed by atoms with E-state index in [0.29, 0.717) is 0 Å². The van der Waals surface area contributed by atoms with Gasteiger partial charge in [0, 0.05) is 24.3 Å². The predicted octanol–water partition coefficient (Wildman–Crippen LogP) is 4.31. The second kappa shape index (κ2) is 11.8. The zero-order valence-electron chi connectivity index (χ0n) is 11.9. The first-order valence-corrected chi connectivity index (χ1v) is 6.65. The van der Waals surface area contributed by atoms with E-state index in [1.807, 2.05) is 50.5 Å². The van der Waals surface area contributed by atoms with E-state index in [9.17, 15) is 0 Å². The fourth-order valence-corrected chi connectivity index (χ4v) is 1.21. The Morgan fingerprint density at radius 1 is 0.889 bits per heavy atom. The van der Waals surface area contributed by atoms with Crippen LogP contribution in [-0.4, -0.2) is 9.97 Å². The summed E-state index contributed by atoms with van der Waals surface area (Å²) < 4.78 is 0. The molecule has 2 heterocycles. The van der Waals surface area contributed by atoms with Crippen molar-refractivity contribution in [3.05, 3.63) is 60.2 Å². The molecule has 0 spiro atoms. The quantitative estimate of drug-likeness (QED) is 0.786. The molecule has 2 aromatic rings. The molecule has 18 heavy (non-hydrogen) atoms. The summed E-state index contributed by atoms with van der Waals surface area (Å²) in [7, 11) is 0. The van der Waals surface area contributed by atoms with Crippen LogP contribution in [0, 0.1) is 0 Å². The van der Waals surface area contributed by atoms with Gasteiger partial charge in [-0.3, -0.25) is 9.97 Å². The van der Waals surface area contributed by atoms with Gasteiger partial charge in [0.25, 0.3) is 0 Å². The molecular formula is C16H24N2. The van der Waals surface area contributed by atoms with Gasteiger partial charge < -0.3 is 0 Å². The second-order valence-corrected chi connectivity index (χ2v) is 3.39. The number of hydrogen-bond donors (Lipinski definition) is 0. The van der Waals surface area contributed by atoms with Gasteiger partial charge in [-0.25, -0.2) is 0 Å². The van der Waals surface area contributed by atoms with Gasteiger partial charge >= 0.3 is 0 Å². The highest BCUT2D eigenvalue weighted by Crippen LogP contribution is 1.93. The predicted molar refractivity (Wildman–Crippen MR) is 78.6 cm³/mol. The van der Waals surface area contributed by atoms with E-state index >= 15 is 0 Å². The highest BCUT2D eigenvalue weighted by molar-refractivity contribution is 5.07. The molecule has 0 unspecified atom stereocenters. The minimum absolute atomic E-state index is 1.03. The minimum Gasteiger partial charge on any atom is -0.264 e. The summed E-state index contributed by atoms with van der Waals surface area (Å²) in [6.45, 7) is 8.22. The zero-order valence-corrected chi connectivity index (χ0v) is 11.9. The van der Waals surface area contributed by atoms with E-state index in [0.717, 1.165) is 18.5 Å². The number of hydrogen-bond acceptors (Lipinski definition) is 2. The maximum atomic E-state index is 4.10. The van der Waals surface area contributed by atoms with Gasteiger partial charge in [-0.1, -0.05) is 39.8 Å². The molecule has 2 rings (SSSR count). The molecule has 2 nitrogen and oxygen atoms in total. The summed E-state index contributed by atoms with van der Waals surface area (Å²) in [5.74, 6) is 0. The molecule has 0 bridgehead atoms. The first-order valence-electron chi connectivity index (χ1n) is 6.65. The van der Waals surface area contributed by atoms with Crippen LogP contribution in [0.4, 0.5) is 0 Å². The van der Waals surface area contributed by atoms with Crippen molar-refractivity contribution in [2.24, 2.45) is 0 Å². The number of nitrogens with zero attached hydrogens (tertiary/aromatic N) is 2. The van der Waals surface area contributed by atoms with Crippen molar-refractivity contribution in [2.45, 2.75) is 40.5 Å². The minimum atomic E-state index is 1.03. The Hall–Kier alpha value is -1.70. The SMILES string of the molecule is CC.CCc1ccccn1.CCc1cccnc1. The lowest BCUT2D eigenvalue weighted by molar-refractivity contribution is 1.04. The molecule has 0 saturated carbocycles. The van der Waals surface area contributed by atoms with E-state index in [2.05, 4.69) is 29.9 Å². The maximum absolute atomic E-state index is 4.10. The average molecular weight is 244 g/mol. The molecule has 98 valence electrons. The Balaban J connectivity index is 0.000000283. The summed E-state index contributed by atoms with van der Waals surface area (Å²) in [6, 6.07) is 10.00. The molecular weight excluding hydrogens is 220 g/mol. The molecule has 0 aromatic carbocycles. The molecule has 0 saturated heterocycles. The molecule has 0 atom stereocenters. The van der Waals surface area contributed by atoms with Crippen molar-refractivity contribution in [1.29, 1.82) is 0 Å². The first-order chi connectivity index (χ1) is 8.86. The van der Waals surface area contributed by atoms with E-state index in [1.54, 1.807) is 6.20 Å². The van der Waals surface area contributed by atoms with Crippen LogP contribution < -0.4 is 0 Å². The third-order valence-corrected chi connectivity index (χ3v) is 2.22. The summed E-state index contributed by atoms with van der Waals surface area (Å²) in [6.07, 6.45) is 7.60. The normalized spacial score (nSPS) is 8.44. The number of rotatable bonds is 2. The lowest BCUT2D eigenvalue weighted by Gasteiger charge is -1.88. The highest BCUT2D eigenvalue weighted by Gasteiger charge is 1.82. The summed E-state index contributed by atoms with van der Waals surface area (Å²) >= 11 is 0. The van der Waals surface area contributed by atoms with Crippen LogP contribution in [0.1, 0.15) is 39.0 Å². The van der Waals surface area contributed by atoms with Crippen molar-refractivity contribution < 1.29 is 0 Å². The number of aryl methyl sites for hydroxylation is 2. The van der Waals surface area contributed by atoms with Gasteiger partial charge in [-0.15, -0.1) is 0 Å². The van der Waals surface area contributed by atoms with Gasteiger partial charge in [0.1, 0.15) is 0 Å². The van der Waals surface area contributed by atoms with E-state index < -0.39 is 0 Å². The molecule has 0 fully saturated rings. The Kier molecular flexibility index (Phi) is 10.7. The third-order valence-electron chi connectivity index (χ3n) is 2.22. The number of pyridine rings is 2. The molecule has 0 aliphatic heterocycles. The van der Waals surface area contributed by atoms with Crippen LogP contribution in [0.15, 0.2) is 48.9 Å². The van der Waals surface area contributed by atoms with Gasteiger partial charge in [0.15, 0.2) is 0 Å². The molecule has 0 aliphatic carbocycles. The molecule has 2 aromatic heterocycles. The Morgan fingerprint density at radius 3 is 2.00 bits per heavy atom. The van der Waals surface area contributed by atoms with E-state index in [1.165, 1.54) is 5.56 Å². The highest BCUT2D eigenvalue weighted by atomic mass is 14.7. The Labute approximate surface area is 111 Å². The molecule has 0 aliphatic rings. The Morgan fingerprint density at radius 2 is 1.67 bits per heavy atom. The summed E-state index contributed by atoms with van der Waals surface area (Å²) in [5, 5.41) is 0. The molecule has 0 radical (unpaired) electrons. The van der Waals surface area contributed by atoms with Crippen LogP contribution in [0.2, 0.25) is 0 Å². The van der Waals surface area contributed by atoms with E-state index in [-0.39, 0.29) is 0 Å². The van der Waals surface area contributed by atoms with Crippen LogP contribution in [-0.2, 0) is 12.8 Å². The van der Waals surface area contributed by atoms with Crippen molar-refractivity contribution in [2.75, 3.05) is 0 Å². The fraction of sp³-hybridized carbons (Fsp3) is 0.375. The lowest BCUT2D eigenvalue weighted by atomic mass is 10.2. The second-order valence-electron chi connectivity index (χ2n) is 3.39. The van der Waals surface area contributed by atoms with Crippen LogP contribution in [0.25, 0.3) is 0 Å². The molecule has 2 heteroatoms. The topological polar surface area (TPSA) is 25.8 Å². The zero-order chi connectivity index (χ0) is 13.6.